The molecule has 0 aromatic heterocycles. The van der Waals surface area contributed by atoms with Crippen LogP contribution in [0.25, 0.3) is 0 Å². The number of amides is 1. The first kappa shape index (κ1) is 23.0. The molecule has 0 saturated carbocycles. The molecule has 3 rings (SSSR count). The van der Waals surface area contributed by atoms with Gasteiger partial charge >= 0.3 is 5.97 Å². The molecule has 1 atom stereocenters. The number of rotatable bonds is 7. The Morgan fingerprint density at radius 1 is 1.16 bits per heavy atom. The fourth-order valence-corrected chi connectivity index (χ4v) is 3.66. The molecule has 1 amide bonds. The van der Waals surface area contributed by atoms with Crippen molar-refractivity contribution in [3.05, 3.63) is 58.1 Å². The molecule has 2 aromatic rings. The summed E-state index contributed by atoms with van der Waals surface area (Å²) in [6.45, 7) is 4.21. The number of carbonyl (C=O) groups excluding carboxylic acids is 2. The van der Waals surface area contributed by atoms with Gasteiger partial charge in [-0.25, -0.2) is 4.79 Å². The zero-order valence-corrected chi connectivity index (χ0v) is 18.2. The second-order valence-electron chi connectivity index (χ2n) is 7.49. The van der Waals surface area contributed by atoms with E-state index in [1.54, 1.807) is 18.2 Å². The Balaban J connectivity index is 1.59. The van der Waals surface area contributed by atoms with E-state index in [-0.39, 0.29) is 35.8 Å². The summed E-state index contributed by atoms with van der Waals surface area (Å²) in [6, 6.07) is 11.6. The highest BCUT2D eigenvalue weighted by molar-refractivity contribution is 5.94. The van der Waals surface area contributed by atoms with Gasteiger partial charge in [0.2, 0.25) is 5.91 Å². The van der Waals surface area contributed by atoms with Gasteiger partial charge < -0.3 is 19.7 Å². The number of nitrogens with zero attached hydrogens (tertiary/aromatic N) is 3. The first-order valence-corrected chi connectivity index (χ1v) is 10.1. The molecule has 32 heavy (non-hydrogen) atoms. The Bertz CT molecular complexity index is 994. The number of nitro groups is 1. The van der Waals surface area contributed by atoms with Gasteiger partial charge in [-0.2, -0.15) is 0 Å². The molecule has 0 radical (unpaired) electrons. The number of nitrogens with one attached hydrogen (secondary N) is 1. The lowest BCUT2D eigenvalue weighted by molar-refractivity contribution is -0.384. The topological polar surface area (TPSA) is 114 Å². The van der Waals surface area contributed by atoms with Gasteiger partial charge in [-0.3, -0.25) is 19.8 Å². The molecule has 0 spiro atoms. The molecule has 1 fully saturated rings. The predicted molar refractivity (Wildman–Crippen MR) is 119 cm³/mol. The zero-order valence-electron chi connectivity index (χ0n) is 18.2. The molecule has 0 bridgehead atoms. The van der Waals surface area contributed by atoms with Gasteiger partial charge in [-0.1, -0.05) is 0 Å². The molecule has 1 unspecified atom stereocenters. The minimum atomic E-state index is -0.551. The number of methoxy groups -OCH3 is 2. The van der Waals surface area contributed by atoms with Crippen LogP contribution in [0.15, 0.2) is 42.5 Å². The number of esters is 1. The summed E-state index contributed by atoms with van der Waals surface area (Å²) < 4.78 is 9.74. The van der Waals surface area contributed by atoms with Crippen molar-refractivity contribution in [1.29, 1.82) is 0 Å². The summed E-state index contributed by atoms with van der Waals surface area (Å²) in [6.07, 6.45) is 0. The number of nitro benzene ring substituents is 1. The Labute approximate surface area is 185 Å². The first-order chi connectivity index (χ1) is 15.3. The van der Waals surface area contributed by atoms with Gasteiger partial charge in [0.05, 0.1) is 37.3 Å². The highest BCUT2D eigenvalue weighted by Crippen LogP contribution is 2.29. The van der Waals surface area contributed by atoms with E-state index in [4.69, 9.17) is 9.47 Å². The van der Waals surface area contributed by atoms with Crippen molar-refractivity contribution >= 4 is 28.9 Å². The van der Waals surface area contributed by atoms with E-state index in [9.17, 15) is 19.7 Å². The van der Waals surface area contributed by atoms with Crippen molar-refractivity contribution in [3.8, 4) is 5.75 Å². The van der Waals surface area contributed by atoms with E-state index >= 15 is 0 Å². The molecule has 0 aliphatic carbocycles. The lowest BCUT2D eigenvalue weighted by atomic mass is 10.1. The van der Waals surface area contributed by atoms with Crippen LogP contribution in [0.1, 0.15) is 17.3 Å². The number of hydrogen-bond donors (Lipinski definition) is 1. The third-order valence-corrected chi connectivity index (χ3v) is 5.44. The monoisotopic (exact) mass is 442 g/mol. The van der Waals surface area contributed by atoms with Crippen molar-refractivity contribution in [2.24, 2.45) is 0 Å². The number of carbonyl (C=O) groups is 2. The van der Waals surface area contributed by atoms with Gasteiger partial charge in [-0.15, -0.1) is 0 Å². The Kier molecular flexibility index (Phi) is 7.26. The summed E-state index contributed by atoms with van der Waals surface area (Å²) in [5, 5.41) is 14.0. The van der Waals surface area contributed by atoms with Gasteiger partial charge in [0, 0.05) is 31.4 Å². The van der Waals surface area contributed by atoms with Gasteiger partial charge in [-0.05, 0) is 43.3 Å². The minimum absolute atomic E-state index is 0.0839. The van der Waals surface area contributed by atoms with E-state index in [1.807, 2.05) is 24.0 Å². The van der Waals surface area contributed by atoms with Crippen LogP contribution in [0.3, 0.4) is 0 Å². The van der Waals surface area contributed by atoms with Gasteiger partial charge in [0.15, 0.2) is 0 Å². The number of piperazine rings is 1. The maximum absolute atomic E-state index is 12.6. The highest BCUT2D eigenvalue weighted by Gasteiger charge is 2.26. The molecule has 10 nitrogen and oxygen atoms in total. The second kappa shape index (κ2) is 10.1. The van der Waals surface area contributed by atoms with Crippen LogP contribution >= 0.6 is 0 Å². The molecule has 10 heteroatoms. The average molecular weight is 442 g/mol. The smallest absolute Gasteiger partial charge is 0.337 e. The van der Waals surface area contributed by atoms with Crippen LogP contribution in [-0.4, -0.2) is 68.1 Å². The molecule has 1 heterocycles. The largest absolute Gasteiger partial charge is 0.496 e. The maximum Gasteiger partial charge on any atom is 0.337 e. The lowest BCUT2D eigenvalue weighted by Crippen LogP contribution is -2.53. The lowest BCUT2D eigenvalue weighted by Gasteiger charge is -2.40. The van der Waals surface area contributed by atoms with E-state index in [0.29, 0.717) is 30.9 Å². The second-order valence-corrected chi connectivity index (χ2v) is 7.49. The first-order valence-electron chi connectivity index (χ1n) is 10.1. The fraction of sp³-hybridized carbons (Fsp3) is 0.364. The quantitative estimate of drug-likeness (QED) is 0.395. The van der Waals surface area contributed by atoms with Crippen LogP contribution in [0.5, 0.6) is 5.75 Å². The number of ether oxygens (including phenoxy) is 2. The standard InChI is InChI=1S/C22H26N4O6/c1-15-13-25(17-6-4-16(5-7-17)22(28)32-3)11-10-24(15)14-21(27)23-19-9-8-18(31-2)12-20(19)26(29)30/h4-9,12,15H,10-11,13-14H2,1-3H3,(H,23,27). The molecular weight excluding hydrogens is 416 g/mol. The van der Waals surface area contributed by atoms with Crippen molar-refractivity contribution in [2.75, 3.05) is 50.6 Å². The van der Waals surface area contributed by atoms with E-state index in [2.05, 4.69) is 10.2 Å². The molecule has 1 aliphatic rings. The molecule has 170 valence electrons. The van der Waals surface area contributed by atoms with E-state index in [1.165, 1.54) is 26.4 Å². The Morgan fingerprint density at radius 3 is 2.47 bits per heavy atom. The van der Waals surface area contributed by atoms with Crippen LogP contribution < -0.4 is 15.0 Å². The molecule has 1 aliphatic heterocycles. The van der Waals surface area contributed by atoms with Crippen LogP contribution in [0.4, 0.5) is 17.1 Å². The summed E-state index contributed by atoms with van der Waals surface area (Å²) in [4.78, 5) is 39.2. The molecule has 2 aromatic carbocycles. The Morgan fingerprint density at radius 2 is 1.88 bits per heavy atom. The van der Waals surface area contributed by atoms with E-state index in [0.717, 1.165) is 5.69 Å². The summed E-state index contributed by atoms with van der Waals surface area (Å²) >= 11 is 0. The maximum atomic E-state index is 12.6. The van der Waals surface area contributed by atoms with E-state index < -0.39 is 4.92 Å². The highest BCUT2D eigenvalue weighted by atomic mass is 16.6. The predicted octanol–water partition coefficient (Wildman–Crippen LogP) is 2.54. The third kappa shape index (κ3) is 5.33. The summed E-state index contributed by atoms with van der Waals surface area (Å²) in [5.74, 6) is -0.349. The summed E-state index contributed by atoms with van der Waals surface area (Å²) in [5.41, 5.74) is 1.40. The molecule has 1 N–H and O–H groups in total. The average Bonchev–Trinajstić information content (AvgIpc) is 2.80. The number of anilines is 2. The van der Waals surface area contributed by atoms with Gasteiger partial charge in [0.1, 0.15) is 11.4 Å². The van der Waals surface area contributed by atoms with Crippen molar-refractivity contribution in [2.45, 2.75) is 13.0 Å². The van der Waals surface area contributed by atoms with Crippen molar-refractivity contribution in [1.82, 2.24) is 4.90 Å². The Hall–Kier alpha value is -3.66. The minimum Gasteiger partial charge on any atom is -0.496 e. The normalized spacial score (nSPS) is 16.3. The summed E-state index contributed by atoms with van der Waals surface area (Å²) in [7, 11) is 2.77. The third-order valence-electron chi connectivity index (χ3n) is 5.44. The van der Waals surface area contributed by atoms with Crippen LogP contribution in [-0.2, 0) is 9.53 Å². The molecular formula is C22H26N4O6. The number of benzene rings is 2. The van der Waals surface area contributed by atoms with Crippen molar-refractivity contribution < 1.29 is 24.0 Å². The number of hydrogen-bond acceptors (Lipinski definition) is 8. The fourth-order valence-electron chi connectivity index (χ4n) is 3.66. The van der Waals surface area contributed by atoms with Gasteiger partial charge in [0.25, 0.3) is 5.69 Å². The zero-order chi connectivity index (χ0) is 23.3. The van der Waals surface area contributed by atoms with Crippen LogP contribution in [0, 0.1) is 10.1 Å². The molecule has 1 saturated heterocycles. The van der Waals surface area contributed by atoms with Crippen LogP contribution in [0.2, 0.25) is 0 Å². The van der Waals surface area contributed by atoms with Crippen molar-refractivity contribution in [3.63, 3.8) is 0 Å². The SMILES string of the molecule is COC(=O)c1ccc(N2CCN(CC(=O)Nc3ccc(OC)cc3[N+](=O)[O-])C(C)C2)cc1.